The van der Waals surface area contributed by atoms with Gasteiger partial charge in [0.05, 0.1) is 0 Å². The number of carbonyl (C=O) groups excluding carboxylic acids is 1. The molecular formula is C17H19NO2S. The van der Waals surface area contributed by atoms with Gasteiger partial charge in [0.1, 0.15) is 5.25 Å². The molecule has 0 saturated carbocycles. The zero-order valence-electron chi connectivity index (χ0n) is 12.1. The van der Waals surface area contributed by atoms with Crippen LogP contribution in [0.3, 0.4) is 0 Å². The van der Waals surface area contributed by atoms with Gasteiger partial charge in [-0.05, 0) is 29.2 Å². The highest BCUT2D eigenvalue weighted by Crippen LogP contribution is 2.35. The molecule has 0 aromatic heterocycles. The molecule has 2 N–H and O–H groups in total. The first kappa shape index (κ1) is 15.6. The summed E-state index contributed by atoms with van der Waals surface area (Å²) in [6.07, 6.45) is 0. The lowest BCUT2D eigenvalue weighted by Crippen LogP contribution is -2.24. The second kappa shape index (κ2) is 7.29. The summed E-state index contributed by atoms with van der Waals surface area (Å²) in [6.45, 7) is 4.29. The Morgan fingerprint density at radius 1 is 1.00 bits per heavy atom. The van der Waals surface area contributed by atoms with Crippen LogP contribution in [0.4, 0.5) is 0 Å². The molecule has 1 unspecified atom stereocenters. The van der Waals surface area contributed by atoms with E-state index in [1.54, 1.807) is 5.48 Å². The normalized spacial score (nSPS) is 12.2. The standard InChI is InChI=1S/C17H19NO2S/c1-12(2)13-8-10-15(11-9-13)21-16(17(19)18-20)14-6-4-3-5-7-14/h3-12,16,20H,1-2H3,(H,18,19). The van der Waals surface area contributed by atoms with Gasteiger partial charge in [-0.2, -0.15) is 0 Å². The lowest BCUT2D eigenvalue weighted by molar-refractivity contribution is -0.128. The summed E-state index contributed by atoms with van der Waals surface area (Å²) in [7, 11) is 0. The maximum atomic E-state index is 11.9. The maximum absolute atomic E-state index is 11.9. The highest BCUT2D eigenvalue weighted by Gasteiger charge is 2.21. The van der Waals surface area contributed by atoms with Crippen LogP contribution in [0.25, 0.3) is 0 Å². The van der Waals surface area contributed by atoms with Gasteiger partial charge in [0.25, 0.3) is 5.91 Å². The van der Waals surface area contributed by atoms with Gasteiger partial charge >= 0.3 is 0 Å². The Morgan fingerprint density at radius 2 is 1.62 bits per heavy atom. The number of amides is 1. The van der Waals surface area contributed by atoms with Gasteiger partial charge in [-0.15, -0.1) is 11.8 Å². The van der Waals surface area contributed by atoms with Crippen molar-refractivity contribution in [2.24, 2.45) is 0 Å². The monoisotopic (exact) mass is 301 g/mol. The van der Waals surface area contributed by atoms with E-state index in [0.29, 0.717) is 5.92 Å². The van der Waals surface area contributed by atoms with E-state index in [2.05, 4.69) is 26.0 Å². The molecule has 4 heteroatoms. The van der Waals surface area contributed by atoms with Gasteiger partial charge in [0, 0.05) is 4.90 Å². The van der Waals surface area contributed by atoms with Gasteiger partial charge in [0.15, 0.2) is 0 Å². The molecule has 3 nitrogen and oxygen atoms in total. The highest BCUT2D eigenvalue weighted by molar-refractivity contribution is 8.00. The third-order valence-electron chi connectivity index (χ3n) is 3.25. The van der Waals surface area contributed by atoms with Crippen molar-refractivity contribution in [3.8, 4) is 0 Å². The molecule has 0 saturated heterocycles. The van der Waals surface area contributed by atoms with Gasteiger partial charge in [-0.3, -0.25) is 10.0 Å². The largest absolute Gasteiger partial charge is 0.289 e. The third kappa shape index (κ3) is 4.09. The number of thioether (sulfide) groups is 1. The lowest BCUT2D eigenvalue weighted by atomic mass is 10.0. The minimum Gasteiger partial charge on any atom is -0.289 e. The summed E-state index contributed by atoms with van der Waals surface area (Å²) in [4.78, 5) is 12.9. The molecule has 0 fully saturated rings. The molecule has 2 aromatic carbocycles. The second-order valence-corrected chi connectivity index (χ2v) is 6.29. The van der Waals surface area contributed by atoms with Crippen LogP contribution in [0.5, 0.6) is 0 Å². The van der Waals surface area contributed by atoms with E-state index in [-0.39, 0.29) is 0 Å². The summed E-state index contributed by atoms with van der Waals surface area (Å²) < 4.78 is 0. The average Bonchev–Trinajstić information content (AvgIpc) is 2.53. The zero-order chi connectivity index (χ0) is 15.2. The topological polar surface area (TPSA) is 49.3 Å². The number of nitrogens with one attached hydrogen (secondary N) is 1. The number of benzene rings is 2. The zero-order valence-corrected chi connectivity index (χ0v) is 12.9. The van der Waals surface area contributed by atoms with Crippen LogP contribution in [0.15, 0.2) is 59.5 Å². The lowest BCUT2D eigenvalue weighted by Gasteiger charge is -2.15. The summed E-state index contributed by atoms with van der Waals surface area (Å²) in [5, 5.41) is 8.48. The molecule has 2 aromatic rings. The van der Waals surface area contributed by atoms with E-state index in [9.17, 15) is 4.79 Å². The van der Waals surface area contributed by atoms with E-state index in [0.717, 1.165) is 10.5 Å². The first-order valence-corrected chi connectivity index (χ1v) is 7.75. The number of hydroxylamine groups is 1. The van der Waals surface area contributed by atoms with Gasteiger partial charge in [-0.1, -0.05) is 56.3 Å². The first-order chi connectivity index (χ1) is 10.1. The smallest absolute Gasteiger partial charge is 0.261 e. The van der Waals surface area contributed by atoms with Crippen molar-refractivity contribution in [3.05, 3.63) is 65.7 Å². The molecule has 21 heavy (non-hydrogen) atoms. The molecule has 0 aliphatic rings. The minimum atomic E-state index is -0.471. The van der Waals surface area contributed by atoms with Gasteiger partial charge in [-0.25, -0.2) is 5.48 Å². The van der Waals surface area contributed by atoms with Crippen molar-refractivity contribution in [2.45, 2.75) is 29.9 Å². The molecule has 0 spiro atoms. The number of hydrogen-bond donors (Lipinski definition) is 2. The van der Waals surface area contributed by atoms with Crippen LogP contribution in [0.1, 0.15) is 36.1 Å². The van der Waals surface area contributed by atoms with E-state index in [4.69, 9.17) is 5.21 Å². The molecule has 1 amide bonds. The molecule has 0 bridgehead atoms. The summed E-state index contributed by atoms with van der Waals surface area (Å²) >= 11 is 1.42. The molecule has 0 aliphatic heterocycles. The summed E-state index contributed by atoms with van der Waals surface area (Å²) in [5.74, 6) is 0.0637. The Kier molecular flexibility index (Phi) is 5.42. The fourth-order valence-corrected chi connectivity index (χ4v) is 3.05. The van der Waals surface area contributed by atoms with Crippen LogP contribution in [-0.4, -0.2) is 11.1 Å². The van der Waals surface area contributed by atoms with Crippen LogP contribution < -0.4 is 5.48 Å². The third-order valence-corrected chi connectivity index (χ3v) is 4.52. The van der Waals surface area contributed by atoms with Crippen molar-refractivity contribution < 1.29 is 10.0 Å². The molecule has 0 heterocycles. The van der Waals surface area contributed by atoms with Crippen LogP contribution >= 0.6 is 11.8 Å². The van der Waals surface area contributed by atoms with E-state index >= 15 is 0 Å². The van der Waals surface area contributed by atoms with Gasteiger partial charge in [0.2, 0.25) is 0 Å². The number of carbonyl (C=O) groups is 1. The Hall–Kier alpha value is -1.78. The van der Waals surface area contributed by atoms with Crippen molar-refractivity contribution in [1.29, 1.82) is 0 Å². The fourth-order valence-electron chi connectivity index (χ4n) is 2.03. The maximum Gasteiger partial charge on any atom is 0.261 e. The quantitative estimate of drug-likeness (QED) is 0.495. The number of hydrogen-bond acceptors (Lipinski definition) is 3. The van der Waals surface area contributed by atoms with Crippen LogP contribution in [0, 0.1) is 0 Å². The van der Waals surface area contributed by atoms with Crippen molar-refractivity contribution in [2.75, 3.05) is 0 Å². The van der Waals surface area contributed by atoms with Gasteiger partial charge < -0.3 is 0 Å². The molecule has 0 aliphatic carbocycles. The second-order valence-electron chi connectivity index (χ2n) is 5.11. The van der Waals surface area contributed by atoms with Crippen LogP contribution in [-0.2, 0) is 4.79 Å². The molecule has 2 rings (SSSR count). The van der Waals surface area contributed by atoms with E-state index in [1.807, 2.05) is 42.5 Å². The number of rotatable bonds is 5. The predicted molar refractivity (Wildman–Crippen MR) is 85.5 cm³/mol. The predicted octanol–water partition coefficient (Wildman–Crippen LogP) is 4.15. The summed E-state index contributed by atoms with van der Waals surface area (Å²) in [6, 6.07) is 17.6. The highest BCUT2D eigenvalue weighted by atomic mass is 32.2. The Bertz CT molecular complexity index is 581. The van der Waals surface area contributed by atoms with Crippen molar-refractivity contribution >= 4 is 17.7 Å². The molecule has 110 valence electrons. The van der Waals surface area contributed by atoms with E-state index < -0.39 is 11.2 Å². The Labute approximate surface area is 129 Å². The average molecular weight is 301 g/mol. The molecule has 0 radical (unpaired) electrons. The fraction of sp³-hybridized carbons (Fsp3) is 0.235. The first-order valence-electron chi connectivity index (χ1n) is 6.87. The molecule has 1 atom stereocenters. The Balaban J connectivity index is 2.21. The van der Waals surface area contributed by atoms with Crippen LogP contribution in [0.2, 0.25) is 0 Å². The van der Waals surface area contributed by atoms with E-state index in [1.165, 1.54) is 17.3 Å². The minimum absolute atomic E-state index is 0.417. The molecular weight excluding hydrogens is 282 g/mol. The summed E-state index contributed by atoms with van der Waals surface area (Å²) in [5.41, 5.74) is 3.88. The Morgan fingerprint density at radius 3 is 2.14 bits per heavy atom. The van der Waals surface area contributed by atoms with Crippen molar-refractivity contribution in [3.63, 3.8) is 0 Å². The SMILES string of the molecule is CC(C)c1ccc(SC(C(=O)NO)c2ccccc2)cc1. The van der Waals surface area contributed by atoms with Crippen molar-refractivity contribution in [1.82, 2.24) is 5.48 Å².